The predicted molar refractivity (Wildman–Crippen MR) is 138 cm³/mol. The molecule has 2 aromatic heterocycles. The Kier molecular flexibility index (Phi) is 7.74. The maximum atomic E-state index is 10.0. The number of benzene rings is 2. The molecule has 0 amide bonds. The van der Waals surface area contributed by atoms with Gasteiger partial charge >= 0.3 is 0 Å². The van der Waals surface area contributed by atoms with E-state index in [1.165, 1.54) is 49.3 Å². The molecule has 2 heterocycles. The zero-order valence-corrected chi connectivity index (χ0v) is 23.5. The molecule has 0 saturated carbocycles. The van der Waals surface area contributed by atoms with Crippen molar-refractivity contribution in [2.75, 3.05) is 0 Å². The topological polar surface area (TPSA) is 63.3 Å². The Morgan fingerprint density at radius 1 is 1.03 bits per heavy atom. The average Bonchev–Trinajstić information content (AvgIpc) is 3.14. The number of carbonyl (C=O) groups is 1. The van der Waals surface area contributed by atoms with Gasteiger partial charge in [0, 0.05) is 48.8 Å². The third-order valence-corrected chi connectivity index (χ3v) is 6.74. The van der Waals surface area contributed by atoms with Gasteiger partial charge in [0.05, 0.1) is 5.76 Å². The van der Waals surface area contributed by atoms with Gasteiger partial charge in [-0.3, -0.25) is 4.79 Å². The molecule has 4 nitrogen and oxygen atoms in total. The molecule has 1 radical (unpaired) electrons. The van der Waals surface area contributed by atoms with Gasteiger partial charge in [0.2, 0.25) is 0 Å². The van der Waals surface area contributed by atoms with Gasteiger partial charge in [0.1, 0.15) is 11.2 Å². The van der Waals surface area contributed by atoms with Crippen molar-refractivity contribution < 1.29 is 34.4 Å². The molecule has 1 aliphatic rings. The van der Waals surface area contributed by atoms with E-state index in [-0.39, 0.29) is 42.5 Å². The number of fused-ring (bicyclic) bond motifs is 4. The number of pyridine rings is 1. The van der Waals surface area contributed by atoms with Crippen LogP contribution in [0.15, 0.2) is 64.9 Å². The van der Waals surface area contributed by atoms with Gasteiger partial charge in [-0.2, -0.15) is 0 Å². The van der Waals surface area contributed by atoms with E-state index in [4.69, 9.17) is 9.52 Å². The first-order valence-electron chi connectivity index (χ1n) is 11.7. The van der Waals surface area contributed by atoms with Crippen LogP contribution in [0.1, 0.15) is 65.5 Å². The summed E-state index contributed by atoms with van der Waals surface area (Å²) in [6, 6.07) is 17.9. The van der Waals surface area contributed by atoms with Crippen molar-refractivity contribution in [3.63, 3.8) is 0 Å². The summed E-state index contributed by atoms with van der Waals surface area (Å²) >= 11 is 0. The molecule has 0 saturated heterocycles. The number of aromatic nitrogens is 1. The quantitative estimate of drug-likeness (QED) is 0.137. The van der Waals surface area contributed by atoms with Crippen LogP contribution < -0.4 is 0 Å². The summed E-state index contributed by atoms with van der Waals surface area (Å²) in [7, 11) is 0. The van der Waals surface area contributed by atoms with Crippen LogP contribution in [0.5, 0.6) is 0 Å². The van der Waals surface area contributed by atoms with Gasteiger partial charge in [0.15, 0.2) is 5.78 Å². The zero-order valence-electron chi connectivity index (χ0n) is 21.2. The number of nitrogens with zero attached hydrogens (tertiary/aromatic N) is 1. The first-order valence-corrected chi connectivity index (χ1v) is 11.7. The molecular weight excluding hydrogens is 615 g/mol. The van der Waals surface area contributed by atoms with E-state index in [1.54, 1.807) is 0 Å². The van der Waals surface area contributed by atoms with Crippen molar-refractivity contribution in [2.45, 2.75) is 65.2 Å². The Bertz CT molecular complexity index is 1390. The Morgan fingerprint density at radius 3 is 2.23 bits per heavy atom. The molecule has 0 bridgehead atoms. The summed E-state index contributed by atoms with van der Waals surface area (Å²) in [6.07, 6.45) is 5.45. The summed E-state index contributed by atoms with van der Waals surface area (Å²) in [4.78, 5) is 14.6. The van der Waals surface area contributed by atoms with Crippen LogP contribution in [0.25, 0.3) is 33.2 Å². The minimum atomic E-state index is -0.125. The number of aliphatic hydroxyl groups excluding tert-OH is 1. The van der Waals surface area contributed by atoms with E-state index in [0.717, 1.165) is 27.8 Å². The van der Waals surface area contributed by atoms with Crippen molar-refractivity contribution in [1.82, 2.24) is 4.98 Å². The Morgan fingerprint density at radius 2 is 1.69 bits per heavy atom. The van der Waals surface area contributed by atoms with Gasteiger partial charge in [0.25, 0.3) is 0 Å². The van der Waals surface area contributed by atoms with Gasteiger partial charge in [-0.25, -0.2) is 0 Å². The van der Waals surface area contributed by atoms with Crippen molar-refractivity contribution in [3.8, 4) is 11.3 Å². The maximum absolute atomic E-state index is 10.0. The molecule has 5 rings (SSSR count). The third-order valence-electron chi connectivity index (χ3n) is 6.74. The molecule has 2 aromatic carbocycles. The molecule has 0 atom stereocenters. The van der Waals surface area contributed by atoms with Gasteiger partial charge in [-0.1, -0.05) is 27.7 Å². The second-order valence-electron chi connectivity index (χ2n) is 10.5. The number of carbonyl (C=O) groups excluding carboxylic acids is 1. The second kappa shape index (κ2) is 10.1. The fraction of sp³-hybridized carbons (Fsp3) is 0.333. The van der Waals surface area contributed by atoms with Crippen molar-refractivity contribution >= 4 is 27.7 Å². The fourth-order valence-electron chi connectivity index (χ4n) is 4.79. The number of ketones is 1. The van der Waals surface area contributed by atoms with Crippen LogP contribution in [0, 0.1) is 6.07 Å². The SMILES string of the molecule is CC(=O)/C=C(/C)O.CC1(C)CCC(C)(C)c2cc3c(cc21)oc1c(-c2[c-]cccc2)nccc13.[Ir]. The second-order valence-corrected chi connectivity index (χ2v) is 10.5. The molecule has 0 fully saturated rings. The van der Waals surface area contributed by atoms with E-state index >= 15 is 0 Å². The van der Waals surface area contributed by atoms with Crippen LogP contribution in [0.3, 0.4) is 0 Å². The Hall–Kier alpha value is -2.75. The molecule has 185 valence electrons. The van der Waals surface area contributed by atoms with Crippen LogP contribution in [-0.4, -0.2) is 15.9 Å². The smallest absolute Gasteiger partial charge is 0.155 e. The van der Waals surface area contributed by atoms with Crippen LogP contribution in [-0.2, 0) is 35.7 Å². The Labute approximate surface area is 220 Å². The first-order chi connectivity index (χ1) is 16.0. The molecule has 1 N–H and O–H groups in total. The predicted octanol–water partition coefficient (Wildman–Crippen LogP) is 7.83. The largest absolute Gasteiger partial charge is 0.512 e. The number of allylic oxidation sites excluding steroid dienone is 2. The van der Waals surface area contributed by atoms with E-state index in [9.17, 15) is 4.79 Å². The number of rotatable bonds is 2. The molecule has 0 unspecified atom stereocenters. The Balaban J connectivity index is 0.000000378. The summed E-state index contributed by atoms with van der Waals surface area (Å²) in [5, 5.41) is 10.7. The number of furan rings is 1. The van der Waals surface area contributed by atoms with Crippen molar-refractivity contribution in [3.05, 3.63) is 77.7 Å². The number of hydrogen-bond donors (Lipinski definition) is 1. The standard InChI is InChI=1S/C25H24NO.C5H8O2.Ir/c1-24(2)11-12-25(3,4)20-15-21-18(14-19(20)24)17-10-13-26-22(23(17)27-21)16-8-6-5-7-9-16;1-4(6)3-5(2)7;/h5-8,10,13-15H,11-12H2,1-4H3;3,6H,1-2H3;/q-1;;/b;4-3-;. The molecule has 0 spiro atoms. The minimum absolute atomic E-state index is 0. The molecule has 0 aliphatic heterocycles. The van der Waals surface area contributed by atoms with E-state index in [2.05, 4.69) is 56.9 Å². The molecule has 1 aliphatic carbocycles. The third kappa shape index (κ3) is 5.42. The zero-order chi connectivity index (χ0) is 24.7. The summed E-state index contributed by atoms with van der Waals surface area (Å²) < 4.78 is 6.38. The first kappa shape index (κ1) is 26.8. The summed E-state index contributed by atoms with van der Waals surface area (Å²) in [5.74, 6) is -0.0625. The number of aliphatic hydroxyl groups is 1. The monoisotopic (exact) mass is 647 g/mol. The normalized spacial score (nSPS) is 16.1. The van der Waals surface area contributed by atoms with Crippen molar-refractivity contribution in [1.29, 1.82) is 0 Å². The van der Waals surface area contributed by atoms with E-state index in [1.807, 2.05) is 30.5 Å². The minimum Gasteiger partial charge on any atom is -0.512 e. The average molecular weight is 647 g/mol. The maximum Gasteiger partial charge on any atom is 0.155 e. The number of hydrogen-bond acceptors (Lipinski definition) is 4. The van der Waals surface area contributed by atoms with Crippen molar-refractivity contribution in [2.24, 2.45) is 0 Å². The van der Waals surface area contributed by atoms with Crippen LogP contribution >= 0.6 is 0 Å². The summed E-state index contributed by atoms with van der Waals surface area (Å²) in [6.45, 7) is 12.3. The van der Waals surface area contributed by atoms with E-state index < -0.39 is 0 Å². The molecule has 35 heavy (non-hydrogen) atoms. The fourth-order valence-corrected chi connectivity index (χ4v) is 4.79. The van der Waals surface area contributed by atoms with Crippen LogP contribution in [0.4, 0.5) is 0 Å². The van der Waals surface area contributed by atoms with Crippen LogP contribution in [0.2, 0.25) is 0 Å². The van der Waals surface area contributed by atoms with E-state index in [0.29, 0.717) is 0 Å². The van der Waals surface area contributed by atoms with Gasteiger partial charge < -0.3 is 14.5 Å². The van der Waals surface area contributed by atoms with Gasteiger partial charge in [-0.05, 0) is 66.8 Å². The molecule has 4 aromatic rings. The van der Waals surface area contributed by atoms with Gasteiger partial charge in [-0.15, -0.1) is 35.9 Å². The summed E-state index contributed by atoms with van der Waals surface area (Å²) in [5.41, 5.74) is 6.88. The molecular formula is C30H32IrNO3-. The molecule has 5 heteroatoms.